The molecule has 0 aliphatic rings. The van der Waals surface area contributed by atoms with Gasteiger partial charge in [-0.3, -0.25) is 0 Å². The second-order valence-corrected chi connectivity index (χ2v) is 14.5. The van der Waals surface area contributed by atoms with Gasteiger partial charge in [-0.1, -0.05) is 97.1 Å². The van der Waals surface area contributed by atoms with Crippen molar-refractivity contribution in [1.29, 1.82) is 0 Å². The van der Waals surface area contributed by atoms with Crippen LogP contribution in [0.15, 0.2) is 121 Å². The summed E-state index contributed by atoms with van der Waals surface area (Å²) >= 11 is 0. The second kappa shape index (κ2) is 8.50. The molecule has 144 valence electrons. The third-order valence-electron chi connectivity index (χ3n) is 5.48. The number of hydrogen-bond donors (Lipinski definition) is 0. The standard InChI is InChI=1S/C26H25OP2/c1-28(23-14-6-2-7-15-23,24-16-8-3-9-17-24)22-29(27,25-18-10-4-11-19-25)26-20-12-5-13-21-26/h2-21H,22H2,1H3/q+1. The average molecular weight is 415 g/mol. The van der Waals surface area contributed by atoms with E-state index in [9.17, 15) is 4.57 Å². The van der Waals surface area contributed by atoms with E-state index in [4.69, 9.17) is 0 Å². The van der Waals surface area contributed by atoms with E-state index in [-0.39, 0.29) is 0 Å². The van der Waals surface area contributed by atoms with Crippen LogP contribution in [0.2, 0.25) is 0 Å². The van der Waals surface area contributed by atoms with Crippen molar-refractivity contribution in [2.24, 2.45) is 0 Å². The molecule has 4 aromatic rings. The molecule has 0 bridgehead atoms. The summed E-state index contributed by atoms with van der Waals surface area (Å²) in [5.41, 5.74) is 0. The smallest absolute Gasteiger partial charge is 0.179 e. The lowest BCUT2D eigenvalue weighted by atomic mass is 10.4. The van der Waals surface area contributed by atoms with E-state index in [1.165, 1.54) is 10.6 Å². The molecule has 4 aromatic carbocycles. The second-order valence-electron chi connectivity index (χ2n) is 7.41. The summed E-state index contributed by atoms with van der Waals surface area (Å²) in [5.74, 6) is 0.641. The van der Waals surface area contributed by atoms with Gasteiger partial charge in [0.25, 0.3) is 0 Å². The van der Waals surface area contributed by atoms with Gasteiger partial charge in [-0.15, -0.1) is 0 Å². The third kappa shape index (κ3) is 3.99. The Kier molecular flexibility index (Phi) is 5.81. The van der Waals surface area contributed by atoms with Crippen molar-refractivity contribution in [1.82, 2.24) is 0 Å². The zero-order chi connectivity index (χ0) is 20.2. The van der Waals surface area contributed by atoms with Gasteiger partial charge in [0.15, 0.2) is 7.14 Å². The predicted octanol–water partition coefficient (Wildman–Crippen LogP) is 5.26. The van der Waals surface area contributed by atoms with Crippen LogP contribution in [-0.2, 0) is 4.57 Å². The minimum atomic E-state index is -2.83. The third-order valence-corrected chi connectivity index (χ3v) is 14.5. The van der Waals surface area contributed by atoms with E-state index in [1.54, 1.807) is 0 Å². The van der Waals surface area contributed by atoms with Crippen LogP contribution in [0.25, 0.3) is 0 Å². The van der Waals surface area contributed by atoms with Crippen molar-refractivity contribution in [3.8, 4) is 0 Å². The molecule has 1 nitrogen and oxygen atoms in total. The molecule has 0 spiro atoms. The summed E-state index contributed by atoms with van der Waals surface area (Å²) in [6.07, 6.45) is 0. The highest BCUT2D eigenvalue weighted by Gasteiger charge is 2.46. The quantitative estimate of drug-likeness (QED) is 0.393. The molecule has 0 N–H and O–H groups in total. The SMILES string of the molecule is C[P+](CP(=O)(c1ccccc1)c1ccccc1)(c1ccccc1)c1ccccc1. The Labute approximate surface area is 174 Å². The molecule has 3 heteroatoms. The molecule has 4 rings (SSSR count). The highest BCUT2D eigenvalue weighted by molar-refractivity contribution is 7.99. The van der Waals surface area contributed by atoms with Crippen LogP contribution >= 0.6 is 14.4 Å². The Hall–Kier alpha value is -2.46. The fourth-order valence-corrected chi connectivity index (χ4v) is 13.2. The van der Waals surface area contributed by atoms with Crippen LogP contribution in [0.5, 0.6) is 0 Å². The van der Waals surface area contributed by atoms with E-state index >= 15 is 0 Å². The summed E-state index contributed by atoms with van der Waals surface area (Å²) in [5, 5.41) is 4.45. The Bertz CT molecular complexity index is 1010. The summed E-state index contributed by atoms with van der Waals surface area (Å²) < 4.78 is 14.8. The molecule has 29 heavy (non-hydrogen) atoms. The molecule has 0 heterocycles. The Morgan fingerprint density at radius 1 is 0.552 bits per heavy atom. The maximum Gasteiger partial charge on any atom is 0.179 e. The molecule has 0 aliphatic heterocycles. The van der Waals surface area contributed by atoms with E-state index < -0.39 is 14.4 Å². The van der Waals surface area contributed by atoms with Crippen molar-refractivity contribution in [2.45, 2.75) is 0 Å². The Morgan fingerprint density at radius 2 is 0.862 bits per heavy atom. The summed E-state index contributed by atoms with van der Waals surface area (Å²) in [4.78, 5) is 0. The van der Waals surface area contributed by atoms with Crippen LogP contribution in [0.1, 0.15) is 0 Å². The normalized spacial score (nSPS) is 11.9. The van der Waals surface area contributed by atoms with Crippen molar-refractivity contribution >= 4 is 35.6 Å². The van der Waals surface area contributed by atoms with Gasteiger partial charge in [-0.05, 0) is 24.3 Å². The molecule has 0 saturated heterocycles. The topological polar surface area (TPSA) is 17.1 Å². The first kappa shape index (κ1) is 19.8. The van der Waals surface area contributed by atoms with Gasteiger partial charge in [-0.25, -0.2) is 0 Å². The maximum absolute atomic E-state index is 14.8. The van der Waals surface area contributed by atoms with E-state index in [0.717, 1.165) is 10.6 Å². The molecular weight excluding hydrogens is 390 g/mol. The van der Waals surface area contributed by atoms with Gasteiger partial charge >= 0.3 is 0 Å². The Balaban J connectivity index is 1.92. The molecule has 0 unspecified atom stereocenters. The summed E-state index contributed by atoms with van der Waals surface area (Å²) in [7, 11) is -4.72. The fraction of sp³-hybridized carbons (Fsp3) is 0.0769. The van der Waals surface area contributed by atoms with Crippen LogP contribution in [-0.4, -0.2) is 12.6 Å². The van der Waals surface area contributed by atoms with Gasteiger partial charge in [0.2, 0.25) is 0 Å². The lowest BCUT2D eigenvalue weighted by Crippen LogP contribution is -2.28. The molecule has 0 fully saturated rings. The van der Waals surface area contributed by atoms with Gasteiger partial charge in [-0.2, -0.15) is 0 Å². The first-order valence-electron chi connectivity index (χ1n) is 9.80. The molecule has 0 amide bonds. The lowest BCUT2D eigenvalue weighted by Gasteiger charge is -2.28. The van der Waals surface area contributed by atoms with Crippen molar-refractivity contribution in [3.63, 3.8) is 0 Å². The maximum atomic E-state index is 14.8. The first-order valence-corrected chi connectivity index (χ1v) is 14.1. The number of hydrogen-bond acceptors (Lipinski definition) is 1. The van der Waals surface area contributed by atoms with Crippen LogP contribution in [0, 0.1) is 0 Å². The summed E-state index contributed by atoms with van der Waals surface area (Å²) in [6, 6.07) is 41.3. The monoisotopic (exact) mass is 415 g/mol. The zero-order valence-electron chi connectivity index (χ0n) is 16.6. The molecular formula is C26H25OP2+. The first-order chi connectivity index (χ1) is 14.1. The highest BCUT2D eigenvalue weighted by Crippen LogP contribution is 2.64. The average Bonchev–Trinajstić information content (AvgIpc) is 2.81. The minimum Gasteiger partial charge on any atom is -0.310 e. The van der Waals surface area contributed by atoms with Gasteiger partial charge in [0.05, 0.1) is 24.5 Å². The van der Waals surface area contributed by atoms with Gasteiger partial charge in [0.1, 0.15) is 5.90 Å². The Morgan fingerprint density at radius 3 is 1.21 bits per heavy atom. The van der Waals surface area contributed by atoms with Crippen LogP contribution in [0.3, 0.4) is 0 Å². The lowest BCUT2D eigenvalue weighted by molar-refractivity contribution is 0.589. The molecule has 0 saturated carbocycles. The van der Waals surface area contributed by atoms with Crippen molar-refractivity contribution < 1.29 is 4.57 Å². The largest absolute Gasteiger partial charge is 0.310 e. The molecule has 0 atom stereocenters. The van der Waals surface area contributed by atoms with Gasteiger partial charge in [0, 0.05) is 10.6 Å². The van der Waals surface area contributed by atoms with E-state index in [0.29, 0.717) is 5.90 Å². The minimum absolute atomic E-state index is 0.641. The highest BCUT2D eigenvalue weighted by atomic mass is 31.2. The molecule has 0 aliphatic carbocycles. The fourth-order valence-electron chi connectivity index (χ4n) is 3.87. The van der Waals surface area contributed by atoms with Crippen molar-refractivity contribution in [3.05, 3.63) is 121 Å². The van der Waals surface area contributed by atoms with Crippen LogP contribution in [0.4, 0.5) is 0 Å². The summed E-state index contributed by atoms with van der Waals surface area (Å²) in [6.45, 7) is 2.33. The van der Waals surface area contributed by atoms with E-state index in [2.05, 4.69) is 55.2 Å². The molecule has 0 radical (unpaired) electrons. The van der Waals surface area contributed by atoms with Gasteiger partial charge < -0.3 is 4.57 Å². The number of benzene rings is 4. The predicted molar refractivity (Wildman–Crippen MR) is 130 cm³/mol. The number of rotatable bonds is 6. The zero-order valence-corrected chi connectivity index (χ0v) is 18.3. The van der Waals surface area contributed by atoms with E-state index in [1.807, 2.05) is 72.8 Å². The van der Waals surface area contributed by atoms with Crippen molar-refractivity contribution in [2.75, 3.05) is 12.6 Å². The van der Waals surface area contributed by atoms with Crippen LogP contribution < -0.4 is 21.2 Å². The molecule has 0 aromatic heterocycles.